The molecule has 1 heterocycles. The predicted octanol–water partition coefficient (Wildman–Crippen LogP) is 3.72. The number of hydrogen-bond acceptors (Lipinski definition) is 3. The number of pyridine rings is 1. The van der Waals surface area contributed by atoms with E-state index in [-0.39, 0.29) is 35.6 Å². The molecule has 0 aliphatic heterocycles. The quantitative estimate of drug-likeness (QED) is 0.407. The van der Waals surface area contributed by atoms with Crippen LogP contribution in [0.25, 0.3) is 0 Å². The second kappa shape index (κ2) is 9.95. The third-order valence-electron chi connectivity index (χ3n) is 2.86. The minimum atomic E-state index is -0.0909. The molecule has 0 saturated heterocycles. The van der Waals surface area contributed by atoms with E-state index in [0.717, 1.165) is 12.0 Å². The molecule has 6 heteroatoms. The highest BCUT2D eigenvalue weighted by Gasteiger charge is 2.10. The maximum atomic E-state index is 5.87. The topological polar surface area (TPSA) is 72.5 Å². The summed E-state index contributed by atoms with van der Waals surface area (Å²) < 4.78 is 5.85. The summed E-state index contributed by atoms with van der Waals surface area (Å²) in [6, 6.07) is 3.85. The number of aliphatic imine (C=N–C) groups is 1. The highest BCUT2D eigenvalue weighted by Crippen LogP contribution is 2.15. The molecule has 0 aliphatic rings. The van der Waals surface area contributed by atoms with E-state index < -0.39 is 0 Å². The number of nitrogens with two attached hydrogens (primary N) is 1. The highest BCUT2D eigenvalue weighted by molar-refractivity contribution is 14.0. The molecule has 1 aromatic rings. The van der Waals surface area contributed by atoms with Crippen molar-refractivity contribution in [2.45, 2.75) is 66.2 Å². The number of nitrogens with zero attached hydrogens (tertiary/aromatic N) is 2. The number of nitrogens with one attached hydrogen (secondary N) is 1. The van der Waals surface area contributed by atoms with Gasteiger partial charge in [0, 0.05) is 17.8 Å². The summed E-state index contributed by atoms with van der Waals surface area (Å²) in [5.41, 5.74) is 6.81. The third-order valence-corrected chi connectivity index (χ3v) is 2.86. The molecule has 23 heavy (non-hydrogen) atoms. The molecule has 0 spiro atoms. The molecule has 1 aromatic heterocycles. The summed E-state index contributed by atoms with van der Waals surface area (Å²) in [7, 11) is 0. The van der Waals surface area contributed by atoms with Crippen molar-refractivity contribution in [3.05, 3.63) is 23.9 Å². The van der Waals surface area contributed by atoms with Crippen LogP contribution in [0.1, 0.15) is 53.5 Å². The van der Waals surface area contributed by atoms with Crippen molar-refractivity contribution in [2.24, 2.45) is 16.6 Å². The highest BCUT2D eigenvalue weighted by atomic mass is 127. The molecular formula is C17H31IN4O. The van der Waals surface area contributed by atoms with Crippen molar-refractivity contribution < 1.29 is 4.74 Å². The van der Waals surface area contributed by atoms with Gasteiger partial charge in [-0.15, -0.1) is 24.0 Å². The third kappa shape index (κ3) is 10.4. The van der Waals surface area contributed by atoms with E-state index >= 15 is 0 Å². The van der Waals surface area contributed by atoms with Crippen molar-refractivity contribution >= 4 is 29.9 Å². The molecule has 1 rings (SSSR count). The van der Waals surface area contributed by atoms with E-state index in [0.29, 0.717) is 24.3 Å². The first-order valence-electron chi connectivity index (χ1n) is 7.85. The minimum Gasteiger partial charge on any atom is -0.475 e. The molecule has 3 N–H and O–H groups in total. The maximum absolute atomic E-state index is 5.87. The molecular weight excluding hydrogens is 403 g/mol. The van der Waals surface area contributed by atoms with Crippen molar-refractivity contribution in [1.29, 1.82) is 0 Å². The fourth-order valence-electron chi connectivity index (χ4n) is 2.13. The van der Waals surface area contributed by atoms with Crippen LogP contribution in [0.15, 0.2) is 23.3 Å². The minimum absolute atomic E-state index is 0. The zero-order chi connectivity index (χ0) is 16.8. The summed E-state index contributed by atoms with van der Waals surface area (Å²) in [6.07, 6.45) is 2.90. The lowest BCUT2D eigenvalue weighted by atomic mass is 10.1. The SMILES string of the molecule is CC(C)CC(C)Oc1cc(CN=C(N)NC(C)(C)C)ccn1.I. The number of hydrogen-bond donors (Lipinski definition) is 2. The van der Waals surface area contributed by atoms with E-state index in [9.17, 15) is 0 Å². The van der Waals surface area contributed by atoms with Gasteiger partial charge in [-0.3, -0.25) is 0 Å². The Labute approximate surface area is 157 Å². The fraction of sp³-hybridized carbons (Fsp3) is 0.647. The average Bonchev–Trinajstić information content (AvgIpc) is 2.33. The Hall–Kier alpha value is -1.05. The number of rotatable bonds is 6. The molecule has 0 bridgehead atoms. The first kappa shape index (κ1) is 21.9. The van der Waals surface area contributed by atoms with Crippen LogP contribution in [-0.2, 0) is 6.54 Å². The van der Waals surface area contributed by atoms with Gasteiger partial charge in [-0.1, -0.05) is 13.8 Å². The largest absolute Gasteiger partial charge is 0.475 e. The van der Waals surface area contributed by atoms with Gasteiger partial charge in [-0.25, -0.2) is 9.98 Å². The van der Waals surface area contributed by atoms with E-state index in [1.807, 2.05) is 32.9 Å². The van der Waals surface area contributed by atoms with Crippen molar-refractivity contribution in [2.75, 3.05) is 0 Å². The van der Waals surface area contributed by atoms with Gasteiger partial charge in [0.15, 0.2) is 5.96 Å². The summed E-state index contributed by atoms with van der Waals surface area (Å²) in [4.78, 5) is 8.60. The molecule has 1 unspecified atom stereocenters. The molecule has 132 valence electrons. The summed E-state index contributed by atoms with van der Waals surface area (Å²) in [5, 5.41) is 3.14. The second-order valence-corrected chi connectivity index (χ2v) is 7.14. The monoisotopic (exact) mass is 434 g/mol. The Bertz CT molecular complexity index is 498. The second-order valence-electron chi connectivity index (χ2n) is 7.14. The molecule has 1 atom stereocenters. The maximum Gasteiger partial charge on any atom is 0.213 e. The Balaban J connectivity index is 0.00000484. The van der Waals surface area contributed by atoms with Crippen LogP contribution in [0.4, 0.5) is 0 Å². The first-order valence-corrected chi connectivity index (χ1v) is 7.85. The van der Waals surface area contributed by atoms with Crippen LogP contribution in [0.3, 0.4) is 0 Å². The Kier molecular flexibility index (Phi) is 9.49. The number of aromatic nitrogens is 1. The number of guanidine groups is 1. The van der Waals surface area contributed by atoms with Crippen LogP contribution in [-0.4, -0.2) is 22.6 Å². The van der Waals surface area contributed by atoms with Crippen LogP contribution in [0, 0.1) is 5.92 Å². The molecule has 0 radical (unpaired) electrons. The van der Waals surface area contributed by atoms with Gasteiger partial charge < -0.3 is 15.8 Å². The van der Waals surface area contributed by atoms with Crippen molar-refractivity contribution in [3.63, 3.8) is 0 Å². The van der Waals surface area contributed by atoms with Gasteiger partial charge in [0.2, 0.25) is 5.88 Å². The summed E-state index contributed by atoms with van der Waals surface area (Å²) in [6.45, 7) is 13.1. The molecule has 0 fully saturated rings. The Morgan fingerprint density at radius 3 is 2.57 bits per heavy atom. The van der Waals surface area contributed by atoms with Crippen LogP contribution < -0.4 is 15.8 Å². The van der Waals surface area contributed by atoms with E-state index in [4.69, 9.17) is 10.5 Å². The van der Waals surface area contributed by atoms with Gasteiger partial charge in [0.05, 0.1) is 12.6 Å². The van der Waals surface area contributed by atoms with Crippen LogP contribution in [0.5, 0.6) is 5.88 Å². The normalized spacial score (nSPS) is 13.4. The van der Waals surface area contributed by atoms with Gasteiger partial charge in [0.25, 0.3) is 0 Å². The van der Waals surface area contributed by atoms with E-state index in [2.05, 4.69) is 36.1 Å². The zero-order valence-corrected chi connectivity index (χ0v) is 17.4. The standard InChI is InChI=1S/C17H30N4O.HI/c1-12(2)9-13(3)22-15-10-14(7-8-19-15)11-20-16(18)21-17(4,5)6;/h7-8,10,12-13H,9,11H2,1-6H3,(H3,18,20,21);1H. The van der Waals surface area contributed by atoms with Gasteiger partial charge in [0.1, 0.15) is 0 Å². The summed E-state index contributed by atoms with van der Waals surface area (Å²) in [5.74, 6) is 1.69. The number of halogens is 1. The van der Waals surface area contributed by atoms with Crippen LogP contribution in [0.2, 0.25) is 0 Å². The van der Waals surface area contributed by atoms with Crippen molar-refractivity contribution in [1.82, 2.24) is 10.3 Å². The Morgan fingerprint density at radius 2 is 2.00 bits per heavy atom. The number of ether oxygens (including phenoxy) is 1. The van der Waals surface area contributed by atoms with Crippen LogP contribution >= 0.6 is 24.0 Å². The molecule has 0 aromatic carbocycles. The summed E-state index contributed by atoms with van der Waals surface area (Å²) >= 11 is 0. The molecule has 0 amide bonds. The average molecular weight is 434 g/mol. The van der Waals surface area contributed by atoms with Gasteiger partial charge >= 0.3 is 0 Å². The molecule has 0 saturated carbocycles. The first-order chi connectivity index (χ1) is 10.2. The zero-order valence-electron chi connectivity index (χ0n) is 15.1. The predicted molar refractivity (Wildman–Crippen MR) is 107 cm³/mol. The van der Waals surface area contributed by atoms with E-state index in [1.165, 1.54) is 0 Å². The molecule has 5 nitrogen and oxygen atoms in total. The van der Waals surface area contributed by atoms with Crippen molar-refractivity contribution in [3.8, 4) is 5.88 Å². The van der Waals surface area contributed by atoms with E-state index in [1.54, 1.807) is 6.20 Å². The Morgan fingerprint density at radius 1 is 1.35 bits per heavy atom. The molecule has 0 aliphatic carbocycles. The smallest absolute Gasteiger partial charge is 0.213 e. The lowest BCUT2D eigenvalue weighted by molar-refractivity contribution is 0.185. The fourth-order valence-corrected chi connectivity index (χ4v) is 2.13. The lowest BCUT2D eigenvalue weighted by Gasteiger charge is -2.21. The lowest BCUT2D eigenvalue weighted by Crippen LogP contribution is -2.44. The van der Waals surface area contributed by atoms with Gasteiger partial charge in [-0.2, -0.15) is 0 Å². The van der Waals surface area contributed by atoms with Gasteiger partial charge in [-0.05, 0) is 51.7 Å².